The first-order chi connectivity index (χ1) is 8.66. The van der Waals surface area contributed by atoms with Gasteiger partial charge in [0.1, 0.15) is 5.69 Å². The van der Waals surface area contributed by atoms with E-state index in [2.05, 4.69) is 36.2 Å². The van der Waals surface area contributed by atoms with Crippen molar-refractivity contribution in [3.63, 3.8) is 0 Å². The lowest BCUT2D eigenvalue weighted by Gasteiger charge is -2.04. The second-order valence-corrected chi connectivity index (χ2v) is 4.75. The molecule has 0 bridgehead atoms. The van der Waals surface area contributed by atoms with E-state index in [4.69, 9.17) is 5.73 Å². The summed E-state index contributed by atoms with van der Waals surface area (Å²) in [5.74, 6) is 0.220. The minimum Gasteiger partial charge on any atom is -0.369 e. The minimum absolute atomic E-state index is 0.130. The molecule has 0 saturated carbocycles. The maximum atomic E-state index is 11.9. The van der Waals surface area contributed by atoms with Gasteiger partial charge in [0.2, 0.25) is 0 Å². The molecule has 18 heavy (non-hydrogen) atoms. The smallest absolute Gasteiger partial charge is 0.268 e. The molecule has 1 aliphatic rings. The van der Waals surface area contributed by atoms with Crippen molar-refractivity contribution in [3.8, 4) is 0 Å². The highest BCUT2D eigenvalue weighted by Crippen LogP contribution is 2.32. The van der Waals surface area contributed by atoms with Crippen LogP contribution in [0.2, 0.25) is 0 Å². The van der Waals surface area contributed by atoms with Gasteiger partial charge in [0, 0.05) is 28.4 Å². The van der Waals surface area contributed by atoms with Crippen LogP contribution in [-0.4, -0.2) is 27.4 Å². The van der Waals surface area contributed by atoms with Gasteiger partial charge in [-0.1, -0.05) is 6.08 Å². The number of hydrogen-bond acceptors (Lipinski definition) is 3. The predicted molar refractivity (Wildman–Crippen MR) is 70.9 cm³/mol. The van der Waals surface area contributed by atoms with Gasteiger partial charge < -0.3 is 21.0 Å². The van der Waals surface area contributed by atoms with Crippen molar-refractivity contribution in [2.24, 2.45) is 0 Å². The summed E-state index contributed by atoms with van der Waals surface area (Å²) in [5.41, 5.74) is 8.60. The molecule has 92 valence electrons. The van der Waals surface area contributed by atoms with Crippen molar-refractivity contribution in [1.82, 2.24) is 20.3 Å². The largest absolute Gasteiger partial charge is 0.369 e. The predicted octanol–water partition coefficient (Wildman–Crippen LogP) is 1.26. The number of nitrogen functional groups attached to an aromatic ring is 1. The number of fused-ring (bicyclic) bond motifs is 1. The quantitative estimate of drug-likeness (QED) is 0.638. The third-order valence-electron chi connectivity index (χ3n) is 2.78. The molecule has 0 radical (unpaired) electrons. The monoisotopic (exact) mass is 307 g/mol. The second-order valence-electron chi connectivity index (χ2n) is 3.90. The third-order valence-corrected chi connectivity index (χ3v) is 3.41. The molecule has 0 saturated heterocycles. The van der Waals surface area contributed by atoms with Crippen LogP contribution in [0, 0.1) is 0 Å². The number of carbonyl (C=O) groups is 1. The second kappa shape index (κ2) is 4.02. The lowest BCUT2D eigenvalue weighted by molar-refractivity contribution is 0.0954. The van der Waals surface area contributed by atoms with Gasteiger partial charge in [0.15, 0.2) is 5.95 Å². The minimum atomic E-state index is -0.130. The number of hydrogen-bond donors (Lipinski definition) is 4. The maximum absolute atomic E-state index is 11.9. The topological polar surface area (TPSA) is 99.6 Å². The Morgan fingerprint density at radius 3 is 3.00 bits per heavy atom. The highest BCUT2D eigenvalue weighted by atomic mass is 79.9. The molecule has 1 aliphatic heterocycles. The van der Waals surface area contributed by atoms with Crippen molar-refractivity contribution in [3.05, 3.63) is 39.9 Å². The van der Waals surface area contributed by atoms with Crippen LogP contribution in [0.4, 0.5) is 5.95 Å². The van der Waals surface area contributed by atoms with Gasteiger partial charge in [-0.25, -0.2) is 4.98 Å². The summed E-state index contributed by atoms with van der Waals surface area (Å²) >= 11 is 3.44. The number of aromatic amines is 2. The van der Waals surface area contributed by atoms with Gasteiger partial charge in [-0.3, -0.25) is 4.79 Å². The summed E-state index contributed by atoms with van der Waals surface area (Å²) in [6.07, 6.45) is 5.32. The Labute approximate surface area is 111 Å². The number of H-pyrrole nitrogens is 2. The fourth-order valence-electron chi connectivity index (χ4n) is 2.00. The standard InChI is InChI=1S/C11H10BrN5O/c12-6-3-15-9-8(6)5(1-2-14-10(9)18)7-4-16-11(13)17-7/h1,3-4,15H,2H2,(H,14,18)(H3,13,16,17). The Bertz CT molecular complexity index is 654. The summed E-state index contributed by atoms with van der Waals surface area (Å²) in [6.45, 7) is 0.460. The maximum Gasteiger partial charge on any atom is 0.268 e. The van der Waals surface area contributed by atoms with E-state index in [1.807, 2.05) is 6.08 Å². The van der Waals surface area contributed by atoms with E-state index in [9.17, 15) is 4.79 Å². The first-order valence-electron chi connectivity index (χ1n) is 5.33. The van der Waals surface area contributed by atoms with E-state index in [1.54, 1.807) is 12.4 Å². The van der Waals surface area contributed by atoms with Gasteiger partial charge in [0.05, 0.1) is 11.9 Å². The zero-order valence-electron chi connectivity index (χ0n) is 9.25. The molecule has 0 unspecified atom stereocenters. The Balaban J connectivity index is 2.20. The van der Waals surface area contributed by atoms with Crippen LogP contribution in [0.1, 0.15) is 21.7 Å². The fourth-order valence-corrected chi connectivity index (χ4v) is 2.52. The first kappa shape index (κ1) is 11.1. The van der Waals surface area contributed by atoms with Gasteiger partial charge in [-0.05, 0) is 15.9 Å². The highest BCUT2D eigenvalue weighted by Gasteiger charge is 2.23. The molecular formula is C11H10BrN5O. The average Bonchev–Trinajstić information content (AvgIpc) is 2.87. The number of nitrogens with two attached hydrogens (primary N) is 1. The number of imidazole rings is 1. The number of nitrogens with zero attached hydrogens (tertiary/aromatic N) is 1. The zero-order valence-corrected chi connectivity index (χ0v) is 10.8. The lowest BCUT2D eigenvalue weighted by atomic mass is 10.0. The molecule has 5 N–H and O–H groups in total. The van der Waals surface area contributed by atoms with Crippen molar-refractivity contribution < 1.29 is 4.79 Å². The van der Waals surface area contributed by atoms with Crippen LogP contribution in [0.5, 0.6) is 0 Å². The molecule has 3 rings (SSSR count). The summed E-state index contributed by atoms with van der Waals surface area (Å²) in [7, 11) is 0. The van der Waals surface area contributed by atoms with E-state index in [-0.39, 0.29) is 5.91 Å². The molecule has 0 aliphatic carbocycles. The third kappa shape index (κ3) is 1.63. The number of aromatic nitrogens is 3. The molecule has 7 heteroatoms. The van der Waals surface area contributed by atoms with Crippen LogP contribution in [0.15, 0.2) is 22.9 Å². The Morgan fingerprint density at radius 1 is 1.44 bits per heavy atom. The van der Waals surface area contributed by atoms with Crippen LogP contribution < -0.4 is 11.1 Å². The Kier molecular flexibility index (Phi) is 2.48. The molecule has 1 amide bonds. The van der Waals surface area contributed by atoms with Crippen LogP contribution in [0.3, 0.4) is 0 Å². The number of halogens is 1. The molecule has 6 nitrogen and oxygen atoms in total. The van der Waals surface area contributed by atoms with E-state index in [0.29, 0.717) is 18.2 Å². The van der Waals surface area contributed by atoms with Gasteiger partial charge in [0.25, 0.3) is 5.91 Å². The van der Waals surface area contributed by atoms with Gasteiger partial charge in [-0.15, -0.1) is 0 Å². The SMILES string of the molecule is Nc1ncc(C2=CCNC(=O)c3[nH]cc(Br)c32)[nH]1. The molecule has 0 spiro atoms. The van der Waals surface area contributed by atoms with Crippen LogP contribution in [-0.2, 0) is 0 Å². The normalized spacial score (nSPS) is 14.7. The van der Waals surface area contributed by atoms with Crippen LogP contribution >= 0.6 is 15.9 Å². The molecule has 0 fully saturated rings. The van der Waals surface area contributed by atoms with E-state index in [0.717, 1.165) is 21.3 Å². The fraction of sp³-hybridized carbons (Fsp3) is 0.0909. The van der Waals surface area contributed by atoms with E-state index >= 15 is 0 Å². The van der Waals surface area contributed by atoms with Crippen LogP contribution in [0.25, 0.3) is 5.57 Å². The van der Waals surface area contributed by atoms with Crippen molar-refractivity contribution in [2.45, 2.75) is 0 Å². The van der Waals surface area contributed by atoms with Crippen molar-refractivity contribution in [1.29, 1.82) is 0 Å². The average molecular weight is 308 g/mol. The zero-order chi connectivity index (χ0) is 12.7. The number of nitrogens with one attached hydrogen (secondary N) is 3. The van der Waals surface area contributed by atoms with Gasteiger partial charge in [-0.2, -0.15) is 0 Å². The first-order valence-corrected chi connectivity index (χ1v) is 6.12. The number of carbonyl (C=O) groups excluding carboxylic acids is 1. The highest BCUT2D eigenvalue weighted by molar-refractivity contribution is 9.10. The summed E-state index contributed by atoms with van der Waals surface area (Å²) < 4.78 is 0.828. The number of rotatable bonds is 1. The summed E-state index contributed by atoms with van der Waals surface area (Å²) in [6, 6.07) is 0. The molecule has 3 heterocycles. The molecule has 0 atom stereocenters. The molecular weight excluding hydrogens is 298 g/mol. The Hall–Kier alpha value is -2.02. The lowest BCUT2D eigenvalue weighted by Crippen LogP contribution is -2.22. The van der Waals surface area contributed by atoms with Crippen molar-refractivity contribution in [2.75, 3.05) is 12.3 Å². The molecule has 2 aromatic heterocycles. The Morgan fingerprint density at radius 2 is 2.28 bits per heavy atom. The number of anilines is 1. The summed E-state index contributed by atoms with van der Waals surface area (Å²) in [4.78, 5) is 21.8. The molecule has 0 aromatic carbocycles. The van der Waals surface area contributed by atoms with E-state index in [1.165, 1.54) is 0 Å². The summed E-state index contributed by atoms with van der Waals surface area (Å²) in [5, 5.41) is 2.79. The van der Waals surface area contributed by atoms with Crippen molar-refractivity contribution >= 4 is 33.4 Å². The number of amides is 1. The van der Waals surface area contributed by atoms with E-state index < -0.39 is 0 Å². The molecule has 2 aromatic rings. The van der Waals surface area contributed by atoms with Gasteiger partial charge >= 0.3 is 0 Å².